The van der Waals surface area contributed by atoms with E-state index in [1.165, 1.54) is 6.42 Å². The maximum absolute atomic E-state index is 12.9. The van der Waals surface area contributed by atoms with Gasteiger partial charge in [0.15, 0.2) is 0 Å². The quantitative estimate of drug-likeness (QED) is 0.782. The lowest BCUT2D eigenvalue weighted by Crippen LogP contribution is -2.48. The van der Waals surface area contributed by atoms with Crippen LogP contribution in [0.25, 0.3) is 0 Å². The zero-order valence-corrected chi connectivity index (χ0v) is 16.2. The van der Waals surface area contributed by atoms with Gasteiger partial charge in [0, 0.05) is 30.6 Å². The van der Waals surface area contributed by atoms with Gasteiger partial charge >= 0.3 is 0 Å². The lowest BCUT2D eigenvalue weighted by molar-refractivity contribution is -0.146. The molecule has 0 spiro atoms. The van der Waals surface area contributed by atoms with E-state index in [0.717, 1.165) is 31.4 Å². The second-order valence-electron chi connectivity index (χ2n) is 6.61. The van der Waals surface area contributed by atoms with Crippen LogP contribution in [0.1, 0.15) is 44.6 Å². The third-order valence-electron chi connectivity index (χ3n) is 5.11. The predicted molar refractivity (Wildman–Crippen MR) is 100 cm³/mol. The van der Waals surface area contributed by atoms with Crippen LogP contribution in [-0.2, 0) is 9.63 Å². The Morgan fingerprint density at radius 2 is 2.08 bits per heavy atom. The molecule has 26 heavy (non-hydrogen) atoms. The van der Waals surface area contributed by atoms with Crippen molar-refractivity contribution in [3.63, 3.8) is 0 Å². The smallest absolute Gasteiger partial charge is 0.267 e. The first-order valence-electron chi connectivity index (χ1n) is 9.04. The molecule has 6 nitrogen and oxygen atoms in total. The van der Waals surface area contributed by atoms with Crippen LogP contribution in [0.15, 0.2) is 17.3 Å². The Hall–Kier alpha value is -1.95. The first-order valence-corrected chi connectivity index (χ1v) is 9.41. The number of hydrogen-bond acceptors (Lipinski definition) is 5. The van der Waals surface area contributed by atoms with Gasteiger partial charge in [-0.05, 0) is 31.7 Å². The largest absolute Gasteiger partial charge is 0.496 e. The second kappa shape index (κ2) is 8.16. The molecule has 2 aliphatic heterocycles. The molecule has 0 aromatic heterocycles. The molecule has 0 N–H and O–H groups in total. The SMILES string of the molecule is CC[C@H]1CCCCN1C(=O)[C@H]1CC(c2cc(Cl)c(OC)cc2OC)=NO1. The number of rotatable bonds is 5. The summed E-state index contributed by atoms with van der Waals surface area (Å²) in [6, 6.07) is 3.76. The summed E-state index contributed by atoms with van der Waals surface area (Å²) < 4.78 is 10.7. The monoisotopic (exact) mass is 380 g/mol. The Labute approximate surface area is 159 Å². The molecule has 1 amide bonds. The maximum atomic E-state index is 12.9. The second-order valence-corrected chi connectivity index (χ2v) is 7.02. The average molecular weight is 381 g/mol. The van der Waals surface area contributed by atoms with Gasteiger partial charge in [-0.1, -0.05) is 23.7 Å². The molecule has 0 unspecified atom stereocenters. The Morgan fingerprint density at radius 3 is 2.77 bits per heavy atom. The normalized spacial score (nSPS) is 22.6. The molecule has 0 saturated carbocycles. The molecule has 0 bridgehead atoms. The van der Waals surface area contributed by atoms with Gasteiger partial charge in [0.2, 0.25) is 6.10 Å². The molecule has 0 radical (unpaired) electrons. The van der Waals surface area contributed by atoms with Crippen LogP contribution in [0, 0.1) is 0 Å². The lowest BCUT2D eigenvalue weighted by Gasteiger charge is -2.36. The van der Waals surface area contributed by atoms with E-state index in [0.29, 0.717) is 34.7 Å². The van der Waals surface area contributed by atoms with Gasteiger partial charge in [-0.3, -0.25) is 4.79 Å². The van der Waals surface area contributed by atoms with Gasteiger partial charge in [0.25, 0.3) is 5.91 Å². The van der Waals surface area contributed by atoms with Crippen LogP contribution in [0.5, 0.6) is 11.5 Å². The molecule has 0 aliphatic carbocycles. The third-order valence-corrected chi connectivity index (χ3v) is 5.41. The number of benzene rings is 1. The van der Waals surface area contributed by atoms with Crippen LogP contribution in [0.3, 0.4) is 0 Å². The summed E-state index contributed by atoms with van der Waals surface area (Å²) in [6.07, 6.45) is 4.08. The maximum Gasteiger partial charge on any atom is 0.267 e. The van der Waals surface area contributed by atoms with E-state index in [1.54, 1.807) is 26.4 Å². The molecular formula is C19H25ClN2O4. The van der Waals surface area contributed by atoms with Crippen LogP contribution < -0.4 is 9.47 Å². The van der Waals surface area contributed by atoms with Crippen molar-refractivity contribution in [3.05, 3.63) is 22.7 Å². The molecule has 1 fully saturated rings. The molecule has 3 rings (SSSR count). The summed E-state index contributed by atoms with van der Waals surface area (Å²) >= 11 is 6.24. The molecule has 7 heteroatoms. The first kappa shape index (κ1) is 18.8. The molecule has 2 atom stereocenters. The Kier molecular flexibility index (Phi) is 5.91. The fraction of sp³-hybridized carbons (Fsp3) is 0.579. The number of methoxy groups -OCH3 is 2. The van der Waals surface area contributed by atoms with Crippen molar-refractivity contribution in [2.45, 2.75) is 51.2 Å². The lowest BCUT2D eigenvalue weighted by atomic mass is 9.97. The summed E-state index contributed by atoms with van der Waals surface area (Å²) in [5, 5.41) is 4.61. The zero-order valence-electron chi connectivity index (χ0n) is 15.5. The van der Waals surface area contributed by atoms with Gasteiger partial charge in [-0.2, -0.15) is 0 Å². The highest BCUT2D eigenvalue weighted by atomic mass is 35.5. The molecule has 1 aromatic rings. The Bertz CT molecular complexity index is 707. The number of likely N-dealkylation sites (tertiary alicyclic amines) is 1. The van der Waals surface area contributed by atoms with E-state index in [-0.39, 0.29) is 5.91 Å². The Morgan fingerprint density at radius 1 is 1.31 bits per heavy atom. The number of nitrogens with zero attached hydrogens (tertiary/aromatic N) is 2. The van der Waals surface area contributed by atoms with Crippen molar-refractivity contribution >= 4 is 23.2 Å². The van der Waals surface area contributed by atoms with Gasteiger partial charge < -0.3 is 19.2 Å². The molecule has 142 valence electrons. The van der Waals surface area contributed by atoms with E-state index in [2.05, 4.69) is 12.1 Å². The van der Waals surface area contributed by atoms with Crippen LogP contribution in [0.4, 0.5) is 0 Å². The van der Waals surface area contributed by atoms with Crippen molar-refractivity contribution in [2.24, 2.45) is 5.16 Å². The van der Waals surface area contributed by atoms with Crippen molar-refractivity contribution in [1.82, 2.24) is 4.90 Å². The summed E-state index contributed by atoms with van der Waals surface area (Å²) in [6.45, 7) is 2.92. The van der Waals surface area contributed by atoms with Crippen LogP contribution >= 0.6 is 11.6 Å². The minimum atomic E-state index is -0.581. The molecule has 2 aliphatic rings. The van der Waals surface area contributed by atoms with Gasteiger partial charge in [-0.25, -0.2) is 0 Å². The van der Waals surface area contributed by atoms with Crippen molar-refractivity contribution < 1.29 is 19.1 Å². The summed E-state index contributed by atoms with van der Waals surface area (Å²) in [5.74, 6) is 1.14. The van der Waals surface area contributed by atoms with Crippen molar-refractivity contribution in [2.75, 3.05) is 20.8 Å². The molecule has 2 heterocycles. The first-order chi connectivity index (χ1) is 12.6. The van der Waals surface area contributed by atoms with Crippen molar-refractivity contribution in [1.29, 1.82) is 0 Å². The van der Waals surface area contributed by atoms with E-state index in [1.807, 2.05) is 4.90 Å². The summed E-state index contributed by atoms with van der Waals surface area (Å²) in [4.78, 5) is 20.4. The third kappa shape index (κ3) is 3.61. The van der Waals surface area contributed by atoms with Gasteiger partial charge in [-0.15, -0.1) is 0 Å². The topological polar surface area (TPSA) is 60.4 Å². The van der Waals surface area contributed by atoms with E-state index in [4.69, 9.17) is 25.9 Å². The van der Waals surface area contributed by atoms with Crippen LogP contribution in [0.2, 0.25) is 5.02 Å². The predicted octanol–water partition coefficient (Wildman–Crippen LogP) is 3.64. The average Bonchev–Trinajstić information content (AvgIpc) is 3.17. The number of piperidine rings is 1. The van der Waals surface area contributed by atoms with Gasteiger partial charge in [0.05, 0.1) is 25.0 Å². The van der Waals surface area contributed by atoms with E-state index in [9.17, 15) is 4.79 Å². The highest BCUT2D eigenvalue weighted by Crippen LogP contribution is 2.35. The molecule has 1 aromatic carbocycles. The number of halogens is 1. The number of hydrogen-bond donors (Lipinski definition) is 0. The summed E-state index contributed by atoms with van der Waals surface area (Å²) in [5.41, 5.74) is 1.38. The number of oxime groups is 1. The number of carbonyl (C=O) groups excluding carboxylic acids is 1. The van der Waals surface area contributed by atoms with E-state index >= 15 is 0 Å². The zero-order chi connectivity index (χ0) is 18.7. The molecular weight excluding hydrogens is 356 g/mol. The summed E-state index contributed by atoms with van der Waals surface area (Å²) in [7, 11) is 3.12. The number of carbonyl (C=O) groups is 1. The van der Waals surface area contributed by atoms with Crippen molar-refractivity contribution in [3.8, 4) is 11.5 Å². The number of ether oxygens (including phenoxy) is 2. The Balaban J connectivity index is 1.76. The molecule has 1 saturated heterocycles. The van der Waals surface area contributed by atoms with Gasteiger partial charge in [0.1, 0.15) is 11.5 Å². The number of amides is 1. The minimum absolute atomic E-state index is 0.0221. The van der Waals surface area contributed by atoms with E-state index < -0.39 is 6.10 Å². The fourth-order valence-corrected chi connectivity index (χ4v) is 3.90. The highest BCUT2D eigenvalue weighted by Gasteiger charge is 2.36. The standard InChI is InChI=1S/C19H25ClN2O4/c1-4-12-7-5-6-8-22(12)19(23)18-10-15(21-26-18)13-9-14(20)17(25-3)11-16(13)24-2/h9,11-12,18H,4-8,10H2,1-3H3/t12-,18+/m0/s1. The minimum Gasteiger partial charge on any atom is -0.496 e. The van der Waals surface area contributed by atoms with Crippen LogP contribution in [-0.4, -0.2) is 49.4 Å². The fourth-order valence-electron chi connectivity index (χ4n) is 3.65. The highest BCUT2D eigenvalue weighted by molar-refractivity contribution is 6.32.